The van der Waals surface area contributed by atoms with Crippen LogP contribution in [0.1, 0.15) is 50.6 Å². The van der Waals surface area contributed by atoms with Gasteiger partial charge in [0.1, 0.15) is 0 Å². The Morgan fingerprint density at radius 1 is 1.37 bits per heavy atom. The van der Waals surface area contributed by atoms with E-state index in [4.69, 9.17) is 4.98 Å². The molecule has 1 aromatic heterocycles. The third-order valence-corrected chi connectivity index (χ3v) is 5.16. The molecule has 0 aliphatic carbocycles. The fourth-order valence-corrected chi connectivity index (χ4v) is 3.88. The van der Waals surface area contributed by atoms with Crippen LogP contribution in [0.15, 0.2) is 0 Å². The van der Waals surface area contributed by atoms with Crippen LogP contribution in [-0.2, 0) is 13.0 Å². The molecule has 108 valence electrons. The molecule has 1 saturated heterocycles. The van der Waals surface area contributed by atoms with Crippen LogP contribution >= 0.6 is 11.3 Å². The summed E-state index contributed by atoms with van der Waals surface area (Å²) in [4.78, 5) is 8.82. The van der Waals surface area contributed by atoms with Crippen molar-refractivity contribution in [1.29, 1.82) is 0 Å². The van der Waals surface area contributed by atoms with Gasteiger partial charge in [-0.2, -0.15) is 0 Å². The summed E-state index contributed by atoms with van der Waals surface area (Å²) in [6.07, 6.45) is 5.06. The molecule has 1 aliphatic heterocycles. The largest absolute Gasteiger partial charge is 0.348 e. The normalized spacial score (nSPS) is 19.9. The Balaban J connectivity index is 2.08. The van der Waals surface area contributed by atoms with Crippen molar-refractivity contribution in [3.8, 4) is 0 Å². The van der Waals surface area contributed by atoms with Crippen LogP contribution in [-0.4, -0.2) is 24.6 Å². The van der Waals surface area contributed by atoms with E-state index < -0.39 is 0 Å². The second kappa shape index (κ2) is 7.25. The van der Waals surface area contributed by atoms with Gasteiger partial charge in [0.05, 0.1) is 5.69 Å². The van der Waals surface area contributed by atoms with Crippen molar-refractivity contribution < 1.29 is 0 Å². The molecule has 3 nitrogen and oxygen atoms in total. The maximum absolute atomic E-state index is 4.88. The maximum atomic E-state index is 4.88. The van der Waals surface area contributed by atoms with Gasteiger partial charge in [0.25, 0.3) is 0 Å². The monoisotopic (exact) mass is 281 g/mol. The molecule has 1 aromatic rings. The van der Waals surface area contributed by atoms with E-state index >= 15 is 0 Å². The molecular formula is C15H27N3S. The van der Waals surface area contributed by atoms with Crippen molar-refractivity contribution in [2.75, 3.05) is 24.5 Å². The highest BCUT2D eigenvalue weighted by molar-refractivity contribution is 7.15. The molecule has 0 saturated carbocycles. The highest BCUT2D eigenvalue weighted by Gasteiger charge is 2.22. The number of thiazole rings is 1. The molecule has 0 aromatic carbocycles. The summed E-state index contributed by atoms with van der Waals surface area (Å²) in [6.45, 7) is 11.1. The van der Waals surface area contributed by atoms with Gasteiger partial charge in [0.15, 0.2) is 5.13 Å². The molecule has 1 aliphatic rings. The van der Waals surface area contributed by atoms with E-state index in [1.54, 1.807) is 0 Å². The number of nitrogens with one attached hydrogen (secondary N) is 1. The Kier molecular flexibility index (Phi) is 5.64. The number of rotatable bonds is 6. The van der Waals surface area contributed by atoms with E-state index in [1.165, 1.54) is 48.1 Å². The highest BCUT2D eigenvalue weighted by Crippen LogP contribution is 2.30. The van der Waals surface area contributed by atoms with Crippen LogP contribution < -0.4 is 10.2 Å². The molecule has 1 fully saturated rings. The molecule has 0 amide bonds. The Morgan fingerprint density at radius 2 is 2.21 bits per heavy atom. The van der Waals surface area contributed by atoms with Gasteiger partial charge < -0.3 is 10.2 Å². The van der Waals surface area contributed by atoms with Crippen LogP contribution in [0.25, 0.3) is 0 Å². The Bertz CT molecular complexity index is 389. The molecule has 0 spiro atoms. The van der Waals surface area contributed by atoms with Crippen LogP contribution in [0.5, 0.6) is 0 Å². The first-order chi connectivity index (χ1) is 9.28. The smallest absolute Gasteiger partial charge is 0.185 e. The zero-order valence-corrected chi connectivity index (χ0v) is 13.4. The van der Waals surface area contributed by atoms with Gasteiger partial charge in [-0.3, -0.25) is 0 Å². The predicted octanol–water partition coefficient (Wildman–Crippen LogP) is 3.44. The van der Waals surface area contributed by atoms with Crippen molar-refractivity contribution in [1.82, 2.24) is 10.3 Å². The fraction of sp³-hybridized carbons (Fsp3) is 0.800. The summed E-state index contributed by atoms with van der Waals surface area (Å²) in [5.74, 6) is 0.861. The summed E-state index contributed by atoms with van der Waals surface area (Å²) < 4.78 is 0. The molecule has 0 radical (unpaired) electrons. The summed E-state index contributed by atoms with van der Waals surface area (Å²) >= 11 is 1.90. The number of aromatic nitrogens is 1. The van der Waals surface area contributed by atoms with E-state index in [0.29, 0.717) is 0 Å². The maximum Gasteiger partial charge on any atom is 0.185 e. The van der Waals surface area contributed by atoms with Gasteiger partial charge in [0.2, 0.25) is 0 Å². The first-order valence-corrected chi connectivity index (χ1v) is 8.54. The van der Waals surface area contributed by atoms with E-state index in [1.807, 2.05) is 11.3 Å². The van der Waals surface area contributed by atoms with E-state index in [9.17, 15) is 0 Å². The zero-order chi connectivity index (χ0) is 13.7. The van der Waals surface area contributed by atoms with Gasteiger partial charge in [-0.1, -0.05) is 27.2 Å². The molecule has 2 heterocycles. The third kappa shape index (κ3) is 3.69. The molecule has 1 N–H and O–H groups in total. The molecule has 19 heavy (non-hydrogen) atoms. The SMILES string of the molecule is CCNCc1sc(N2CCCC(CC)C2)nc1CC. The number of aryl methyl sites for hydroxylation is 1. The van der Waals surface area contributed by atoms with Crippen molar-refractivity contribution in [2.24, 2.45) is 5.92 Å². The number of anilines is 1. The zero-order valence-electron chi connectivity index (χ0n) is 12.5. The average molecular weight is 281 g/mol. The first-order valence-electron chi connectivity index (χ1n) is 7.72. The standard InChI is InChI=1S/C15H27N3S/c1-4-12-8-7-9-18(11-12)15-17-13(5-2)14(19-15)10-16-6-3/h12,16H,4-11H2,1-3H3. The molecule has 1 atom stereocenters. The van der Waals surface area contributed by atoms with Gasteiger partial charge >= 0.3 is 0 Å². The van der Waals surface area contributed by atoms with E-state index in [2.05, 4.69) is 31.0 Å². The second-order valence-electron chi connectivity index (χ2n) is 5.36. The average Bonchev–Trinajstić information content (AvgIpc) is 2.88. The lowest BCUT2D eigenvalue weighted by molar-refractivity contribution is 0.404. The van der Waals surface area contributed by atoms with Gasteiger partial charge in [-0.25, -0.2) is 4.98 Å². The number of piperidine rings is 1. The van der Waals surface area contributed by atoms with Crippen molar-refractivity contribution in [3.63, 3.8) is 0 Å². The van der Waals surface area contributed by atoms with Crippen molar-refractivity contribution >= 4 is 16.5 Å². The minimum atomic E-state index is 0.861. The van der Waals surface area contributed by atoms with E-state index in [0.717, 1.165) is 25.4 Å². The summed E-state index contributed by atoms with van der Waals surface area (Å²) in [5.41, 5.74) is 1.29. The predicted molar refractivity (Wildman–Crippen MR) is 84.1 cm³/mol. The Morgan fingerprint density at radius 3 is 2.89 bits per heavy atom. The van der Waals surface area contributed by atoms with Crippen molar-refractivity contribution in [2.45, 2.75) is 53.0 Å². The lowest BCUT2D eigenvalue weighted by Gasteiger charge is -2.31. The van der Waals surface area contributed by atoms with Crippen molar-refractivity contribution in [3.05, 3.63) is 10.6 Å². The lowest BCUT2D eigenvalue weighted by Crippen LogP contribution is -2.35. The van der Waals surface area contributed by atoms with Crippen LogP contribution in [0.4, 0.5) is 5.13 Å². The molecule has 2 rings (SSSR count). The van der Waals surface area contributed by atoms with Gasteiger partial charge in [-0.15, -0.1) is 11.3 Å². The third-order valence-electron chi connectivity index (χ3n) is 4.00. The number of nitrogens with zero attached hydrogens (tertiary/aromatic N) is 2. The summed E-state index contributed by atoms with van der Waals surface area (Å²) in [7, 11) is 0. The second-order valence-corrected chi connectivity index (χ2v) is 6.42. The van der Waals surface area contributed by atoms with E-state index in [-0.39, 0.29) is 0 Å². The highest BCUT2D eigenvalue weighted by atomic mass is 32.1. The summed E-state index contributed by atoms with van der Waals surface area (Å²) in [5, 5.41) is 4.68. The Labute approximate surface area is 121 Å². The minimum absolute atomic E-state index is 0.861. The minimum Gasteiger partial charge on any atom is -0.348 e. The van der Waals surface area contributed by atoms with Gasteiger partial charge in [-0.05, 0) is 31.7 Å². The number of hydrogen-bond donors (Lipinski definition) is 1. The molecular weight excluding hydrogens is 254 g/mol. The number of hydrogen-bond acceptors (Lipinski definition) is 4. The Hall–Kier alpha value is -0.610. The first kappa shape index (κ1) is 14.8. The summed E-state index contributed by atoms with van der Waals surface area (Å²) in [6, 6.07) is 0. The lowest BCUT2D eigenvalue weighted by atomic mass is 9.96. The van der Waals surface area contributed by atoms with Crippen LogP contribution in [0.3, 0.4) is 0 Å². The van der Waals surface area contributed by atoms with Crippen LogP contribution in [0.2, 0.25) is 0 Å². The van der Waals surface area contributed by atoms with Crippen LogP contribution in [0, 0.1) is 5.92 Å². The fourth-order valence-electron chi connectivity index (χ4n) is 2.73. The molecule has 4 heteroatoms. The topological polar surface area (TPSA) is 28.2 Å². The molecule has 1 unspecified atom stereocenters. The van der Waals surface area contributed by atoms with Gasteiger partial charge in [0, 0.05) is 24.5 Å². The quantitative estimate of drug-likeness (QED) is 0.866. The molecule has 0 bridgehead atoms.